The molecule has 1 aromatic heterocycles. The lowest BCUT2D eigenvalue weighted by Gasteiger charge is -2.07. The number of carbonyl (C=O) groups excluding carboxylic acids is 1. The van der Waals surface area contributed by atoms with Gasteiger partial charge >= 0.3 is 6.18 Å². The molecule has 2 rings (SSSR count). The second-order valence-electron chi connectivity index (χ2n) is 4.45. The molecular formula is C14H12F4N2OS. The van der Waals surface area contributed by atoms with E-state index in [0.29, 0.717) is 12.0 Å². The van der Waals surface area contributed by atoms with Gasteiger partial charge < -0.3 is 5.32 Å². The third-order valence-corrected chi connectivity index (χ3v) is 4.01. The van der Waals surface area contributed by atoms with E-state index in [4.69, 9.17) is 0 Å². The van der Waals surface area contributed by atoms with Gasteiger partial charge in [0.25, 0.3) is 5.91 Å². The smallest absolute Gasteiger partial charge is 0.347 e. The molecule has 0 unspecified atom stereocenters. The van der Waals surface area contributed by atoms with Crippen molar-refractivity contribution in [3.05, 3.63) is 51.2 Å². The number of nitrogens with one attached hydrogen (secondary N) is 1. The predicted molar refractivity (Wildman–Crippen MR) is 74.1 cm³/mol. The van der Waals surface area contributed by atoms with Crippen LogP contribution in [-0.4, -0.2) is 10.9 Å². The van der Waals surface area contributed by atoms with Crippen LogP contribution in [0.3, 0.4) is 0 Å². The van der Waals surface area contributed by atoms with E-state index in [2.05, 4.69) is 10.3 Å². The lowest BCUT2D eigenvalue weighted by molar-refractivity contribution is -0.141. The molecule has 0 radical (unpaired) electrons. The van der Waals surface area contributed by atoms with E-state index in [1.54, 1.807) is 6.92 Å². The summed E-state index contributed by atoms with van der Waals surface area (Å²) in [7, 11) is 0. The van der Waals surface area contributed by atoms with Crippen molar-refractivity contribution in [1.82, 2.24) is 10.3 Å². The lowest BCUT2D eigenvalue weighted by Crippen LogP contribution is -2.24. The van der Waals surface area contributed by atoms with E-state index in [1.807, 2.05) is 0 Å². The summed E-state index contributed by atoms with van der Waals surface area (Å²) in [5, 5.41) is 2.64. The zero-order valence-corrected chi connectivity index (χ0v) is 12.3. The number of amides is 1. The SMILES string of the molecule is CCc1nc(C(F)(F)F)c(C(=O)NCc2ccc(F)cc2)s1. The molecule has 1 aromatic carbocycles. The van der Waals surface area contributed by atoms with Gasteiger partial charge in [-0.15, -0.1) is 11.3 Å². The minimum absolute atomic E-state index is 0.00969. The first-order chi connectivity index (χ1) is 10.3. The largest absolute Gasteiger partial charge is 0.435 e. The van der Waals surface area contributed by atoms with Crippen LogP contribution < -0.4 is 5.32 Å². The lowest BCUT2D eigenvalue weighted by atomic mass is 10.2. The highest BCUT2D eigenvalue weighted by molar-refractivity contribution is 7.13. The van der Waals surface area contributed by atoms with Crippen LogP contribution in [0.4, 0.5) is 17.6 Å². The van der Waals surface area contributed by atoms with Crippen LogP contribution in [0.15, 0.2) is 24.3 Å². The number of alkyl halides is 3. The normalized spacial score (nSPS) is 11.5. The van der Waals surface area contributed by atoms with Crippen molar-refractivity contribution in [2.45, 2.75) is 26.1 Å². The Morgan fingerprint density at radius 1 is 1.27 bits per heavy atom. The van der Waals surface area contributed by atoms with Crippen molar-refractivity contribution >= 4 is 17.2 Å². The van der Waals surface area contributed by atoms with Crippen molar-refractivity contribution in [2.24, 2.45) is 0 Å². The first kappa shape index (κ1) is 16.4. The predicted octanol–water partition coefficient (Wildman–Crippen LogP) is 3.79. The van der Waals surface area contributed by atoms with E-state index in [9.17, 15) is 22.4 Å². The highest BCUT2D eigenvalue weighted by Gasteiger charge is 2.39. The van der Waals surface area contributed by atoms with Gasteiger partial charge in [0.15, 0.2) is 5.69 Å². The number of halogens is 4. The third kappa shape index (κ3) is 3.82. The quantitative estimate of drug-likeness (QED) is 0.866. The van der Waals surface area contributed by atoms with Crippen LogP contribution in [0.2, 0.25) is 0 Å². The zero-order chi connectivity index (χ0) is 16.3. The maximum absolute atomic E-state index is 12.9. The van der Waals surface area contributed by atoms with E-state index in [0.717, 1.165) is 11.3 Å². The molecule has 0 spiro atoms. The maximum Gasteiger partial charge on any atom is 0.435 e. The zero-order valence-electron chi connectivity index (χ0n) is 11.5. The summed E-state index contributed by atoms with van der Waals surface area (Å²) >= 11 is 0.729. The number of thiazole rings is 1. The molecule has 0 saturated heterocycles. The molecule has 2 aromatic rings. The highest BCUT2D eigenvalue weighted by Crippen LogP contribution is 2.34. The van der Waals surface area contributed by atoms with Crippen LogP contribution in [0.1, 0.15) is 32.9 Å². The second-order valence-corrected chi connectivity index (χ2v) is 5.53. The molecule has 0 fully saturated rings. The Morgan fingerprint density at radius 3 is 2.45 bits per heavy atom. The molecule has 0 aliphatic carbocycles. The highest BCUT2D eigenvalue weighted by atomic mass is 32.1. The molecule has 0 aliphatic rings. The monoisotopic (exact) mass is 332 g/mol. The standard InChI is InChI=1S/C14H12F4N2OS/c1-2-10-20-12(14(16,17)18)11(22-10)13(21)19-7-8-3-5-9(15)6-4-8/h3-6H,2,7H2,1H3,(H,19,21). The van der Waals surface area contributed by atoms with Gasteiger partial charge in [0.2, 0.25) is 0 Å². The molecule has 3 nitrogen and oxygen atoms in total. The first-order valence-corrected chi connectivity index (χ1v) is 7.22. The van der Waals surface area contributed by atoms with Crippen molar-refractivity contribution in [3.63, 3.8) is 0 Å². The number of hydrogen-bond acceptors (Lipinski definition) is 3. The van der Waals surface area contributed by atoms with Gasteiger partial charge in [-0.25, -0.2) is 9.37 Å². The van der Waals surface area contributed by atoms with Gasteiger partial charge in [0.1, 0.15) is 10.7 Å². The Kier molecular flexibility index (Phi) is 4.80. The summed E-state index contributed by atoms with van der Waals surface area (Å²) in [5.74, 6) is -1.27. The topological polar surface area (TPSA) is 42.0 Å². The number of aryl methyl sites for hydroxylation is 1. The minimum Gasteiger partial charge on any atom is -0.347 e. The number of hydrogen-bond donors (Lipinski definition) is 1. The molecule has 1 heterocycles. The number of carbonyl (C=O) groups is 1. The van der Waals surface area contributed by atoms with Gasteiger partial charge in [0.05, 0.1) is 5.01 Å². The molecule has 22 heavy (non-hydrogen) atoms. The maximum atomic E-state index is 12.9. The van der Waals surface area contributed by atoms with Crippen LogP contribution in [0, 0.1) is 5.82 Å². The van der Waals surface area contributed by atoms with Crippen LogP contribution >= 0.6 is 11.3 Å². The molecule has 1 N–H and O–H groups in total. The number of rotatable bonds is 4. The number of aromatic nitrogens is 1. The molecule has 1 amide bonds. The van der Waals surface area contributed by atoms with Crippen LogP contribution in [0.25, 0.3) is 0 Å². The van der Waals surface area contributed by atoms with Gasteiger partial charge in [0, 0.05) is 6.54 Å². The van der Waals surface area contributed by atoms with E-state index in [-0.39, 0.29) is 11.6 Å². The average Bonchev–Trinajstić information content (AvgIpc) is 2.91. The fourth-order valence-electron chi connectivity index (χ4n) is 1.73. The summed E-state index contributed by atoms with van der Waals surface area (Å²) in [6, 6.07) is 5.32. The third-order valence-electron chi connectivity index (χ3n) is 2.81. The molecule has 0 atom stereocenters. The Bertz CT molecular complexity index is 664. The summed E-state index contributed by atoms with van der Waals surface area (Å²) in [6.07, 6.45) is -4.36. The average molecular weight is 332 g/mol. The molecular weight excluding hydrogens is 320 g/mol. The van der Waals surface area contributed by atoms with Crippen molar-refractivity contribution < 1.29 is 22.4 Å². The van der Waals surface area contributed by atoms with Crippen LogP contribution in [-0.2, 0) is 19.1 Å². The van der Waals surface area contributed by atoms with Crippen molar-refractivity contribution in [1.29, 1.82) is 0 Å². The Balaban J connectivity index is 2.15. The van der Waals surface area contributed by atoms with Crippen molar-refractivity contribution in [2.75, 3.05) is 0 Å². The molecule has 0 bridgehead atoms. The van der Waals surface area contributed by atoms with Gasteiger partial charge in [-0.1, -0.05) is 19.1 Å². The van der Waals surface area contributed by atoms with Crippen molar-refractivity contribution in [3.8, 4) is 0 Å². The first-order valence-electron chi connectivity index (χ1n) is 6.40. The van der Waals surface area contributed by atoms with Gasteiger partial charge in [-0.2, -0.15) is 13.2 Å². The Hall–Kier alpha value is -1.96. The summed E-state index contributed by atoms with van der Waals surface area (Å²) < 4.78 is 51.4. The number of nitrogens with zero attached hydrogens (tertiary/aromatic N) is 1. The summed E-state index contributed by atoms with van der Waals surface area (Å²) in [4.78, 5) is 15.0. The van der Waals surface area contributed by atoms with Crippen LogP contribution in [0.5, 0.6) is 0 Å². The molecule has 8 heteroatoms. The van der Waals surface area contributed by atoms with E-state index in [1.165, 1.54) is 24.3 Å². The fraction of sp³-hybridized carbons (Fsp3) is 0.286. The van der Waals surface area contributed by atoms with E-state index >= 15 is 0 Å². The molecule has 0 aliphatic heterocycles. The minimum atomic E-state index is -4.67. The number of benzene rings is 1. The fourth-order valence-corrected chi connectivity index (χ4v) is 2.67. The molecule has 0 saturated carbocycles. The summed E-state index contributed by atoms with van der Waals surface area (Å²) in [5.41, 5.74) is -0.575. The molecule has 118 valence electrons. The Morgan fingerprint density at radius 2 is 1.91 bits per heavy atom. The van der Waals surface area contributed by atoms with Gasteiger partial charge in [-0.3, -0.25) is 4.79 Å². The second kappa shape index (κ2) is 6.43. The summed E-state index contributed by atoms with van der Waals surface area (Å²) in [6.45, 7) is 1.68. The van der Waals surface area contributed by atoms with E-state index < -0.39 is 28.5 Å². The Labute approximate surface area is 128 Å². The van der Waals surface area contributed by atoms with Gasteiger partial charge in [-0.05, 0) is 24.1 Å².